The lowest BCUT2D eigenvalue weighted by Crippen LogP contribution is -1.99. The van der Waals surface area contributed by atoms with Gasteiger partial charge in [-0.15, -0.1) is 0 Å². The van der Waals surface area contributed by atoms with E-state index >= 15 is 0 Å². The average molecular weight is 319 g/mol. The summed E-state index contributed by atoms with van der Waals surface area (Å²) in [5.74, 6) is 0.877. The Morgan fingerprint density at radius 1 is 0.958 bits per heavy atom. The number of aromatic nitrogens is 1. The highest BCUT2D eigenvalue weighted by Crippen LogP contribution is 2.31. The van der Waals surface area contributed by atoms with Crippen LogP contribution in [-0.4, -0.2) is 17.5 Å². The van der Waals surface area contributed by atoms with Crippen LogP contribution in [0.25, 0.3) is 16.8 Å². The Bertz CT molecular complexity index is 871. The summed E-state index contributed by atoms with van der Waals surface area (Å²) in [7, 11) is 1.65. The number of rotatable bonds is 4. The molecule has 0 radical (unpaired) electrons. The van der Waals surface area contributed by atoms with E-state index in [2.05, 4.69) is 35.8 Å². The van der Waals surface area contributed by atoms with Crippen molar-refractivity contribution in [3.63, 3.8) is 0 Å². The van der Waals surface area contributed by atoms with Gasteiger partial charge in [-0.1, -0.05) is 29.8 Å². The van der Waals surface area contributed by atoms with Gasteiger partial charge in [0, 0.05) is 28.7 Å². The molecule has 3 nitrogen and oxygen atoms in total. The van der Waals surface area contributed by atoms with Crippen molar-refractivity contribution in [2.24, 2.45) is 0 Å². The van der Waals surface area contributed by atoms with Gasteiger partial charge in [0.05, 0.1) is 7.11 Å². The van der Waals surface area contributed by atoms with Crippen molar-refractivity contribution in [3.05, 3.63) is 71.5 Å². The first-order valence-electron chi connectivity index (χ1n) is 7.95. The standard InChI is InChI=1S/C21H21NO2/c1-14-5-9-18(10-6-14)22-13-20(21(15(22)2)16(3)23)17-7-11-19(24-4)12-8-17/h5-13H,1-4H3. The molecule has 24 heavy (non-hydrogen) atoms. The van der Waals surface area contributed by atoms with E-state index in [1.807, 2.05) is 37.4 Å². The molecular weight excluding hydrogens is 298 g/mol. The summed E-state index contributed by atoms with van der Waals surface area (Å²) >= 11 is 0. The molecule has 0 atom stereocenters. The minimum atomic E-state index is 0.0733. The SMILES string of the molecule is COc1ccc(-c2cn(-c3ccc(C)cc3)c(C)c2C(C)=O)cc1. The number of Topliss-reactive ketones (excluding diaryl/α,β-unsaturated/α-hetero) is 1. The first-order chi connectivity index (χ1) is 11.5. The molecule has 1 heterocycles. The van der Waals surface area contributed by atoms with Crippen molar-refractivity contribution >= 4 is 5.78 Å². The molecule has 0 bridgehead atoms. The number of nitrogens with zero attached hydrogens (tertiary/aromatic N) is 1. The number of benzene rings is 2. The van der Waals surface area contributed by atoms with E-state index in [1.165, 1.54) is 5.56 Å². The van der Waals surface area contributed by atoms with E-state index in [-0.39, 0.29) is 5.78 Å². The summed E-state index contributed by atoms with van der Waals surface area (Å²) in [6.45, 7) is 5.68. The van der Waals surface area contributed by atoms with Crippen LogP contribution >= 0.6 is 0 Å². The number of aryl methyl sites for hydroxylation is 1. The molecule has 3 aromatic rings. The van der Waals surface area contributed by atoms with Crippen LogP contribution in [0.1, 0.15) is 28.5 Å². The molecule has 0 N–H and O–H groups in total. The lowest BCUT2D eigenvalue weighted by molar-refractivity contribution is 0.101. The van der Waals surface area contributed by atoms with Gasteiger partial charge in [0.2, 0.25) is 0 Å². The highest BCUT2D eigenvalue weighted by atomic mass is 16.5. The molecule has 122 valence electrons. The fraction of sp³-hybridized carbons (Fsp3) is 0.190. The topological polar surface area (TPSA) is 31.2 Å². The Morgan fingerprint density at radius 3 is 2.12 bits per heavy atom. The molecule has 1 aromatic heterocycles. The van der Waals surface area contributed by atoms with Gasteiger partial charge < -0.3 is 9.30 Å². The second-order valence-electron chi connectivity index (χ2n) is 5.99. The van der Waals surface area contributed by atoms with Gasteiger partial charge >= 0.3 is 0 Å². The van der Waals surface area contributed by atoms with Gasteiger partial charge in [0.15, 0.2) is 5.78 Å². The summed E-state index contributed by atoms with van der Waals surface area (Å²) in [6.07, 6.45) is 2.04. The quantitative estimate of drug-likeness (QED) is 0.636. The lowest BCUT2D eigenvalue weighted by Gasteiger charge is -2.07. The van der Waals surface area contributed by atoms with Crippen molar-refractivity contribution in [1.82, 2.24) is 4.57 Å². The smallest absolute Gasteiger partial charge is 0.162 e. The van der Waals surface area contributed by atoms with Crippen LogP contribution in [0.3, 0.4) is 0 Å². The third kappa shape index (κ3) is 2.85. The number of hydrogen-bond acceptors (Lipinski definition) is 2. The monoisotopic (exact) mass is 319 g/mol. The van der Waals surface area contributed by atoms with Gasteiger partial charge in [-0.3, -0.25) is 4.79 Å². The van der Waals surface area contributed by atoms with Crippen molar-refractivity contribution in [3.8, 4) is 22.6 Å². The Hall–Kier alpha value is -2.81. The number of carbonyl (C=O) groups excluding carboxylic acids is 1. The van der Waals surface area contributed by atoms with Crippen LogP contribution < -0.4 is 4.74 Å². The van der Waals surface area contributed by atoms with Gasteiger partial charge in [0.1, 0.15) is 5.75 Å². The molecule has 2 aromatic carbocycles. The first-order valence-corrected chi connectivity index (χ1v) is 7.95. The van der Waals surface area contributed by atoms with Crippen molar-refractivity contribution in [2.45, 2.75) is 20.8 Å². The summed E-state index contributed by atoms with van der Waals surface area (Å²) in [4.78, 5) is 12.2. The summed E-state index contributed by atoms with van der Waals surface area (Å²) < 4.78 is 7.30. The molecule has 0 saturated carbocycles. The summed E-state index contributed by atoms with van der Waals surface area (Å²) in [5.41, 5.74) is 5.95. The molecule has 0 amide bonds. The van der Waals surface area contributed by atoms with Gasteiger partial charge in [-0.05, 0) is 50.6 Å². The van der Waals surface area contributed by atoms with Crippen LogP contribution in [0.15, 0.2) is 54.7 Å². The summed E-state index contributed by atoms with van der Waals surface area (Å²) in [6, 6.07) is 16.1. The maximum atomic E-state index is 12.2. The molecule has 0 aliphatic carbocycles. The predicted molar refractivity (Wildman–Crippen MR) is 97.2 cm³/mol. The molecular formula is C21H21NO2. The molecule has 0 saturated heterocycles. The van der Waals surface area contributed by atoms with Gasteiger partial charge in [-0.2, -0.15) is 0 Å². The zero-order chi connectivity index (χ0) is 17.3. The van der Waals surface area contributed by atoms with Crippen LogP contribution in [0.5, 0.6) is 5.75 Å². The highest BCUT2D eigenvalue weighted by molar-refractivity contribution is 6.02. The molecule has 0 aliphatic heterocycles. The number of carbonyl (C=O) groups is 1. The first kappa shape index (κ1) is 16.1. The second-order valence-corrected chi connectivity index (χ2v) is 5.99. The number of ether oxygens (including phenoxy) is 1. The van der Waals surface area contributed by atoms with Crippen LogP contribution in [0.4, 0.5) is 0 Å². The van der Waals surface area contributed by atoms with Crippen molar-refractivity contribution in [1.29, 1.82) is 0 Å². The Morgan fingerprint density at radius 2 is 1.58 bits per heavy atom. The van der Waals surface area contributed by atoms with Gasteiger partial charge in [-0.25, -0.2) is 0 Å². The lowest BCUT2D eigenvalue weighted by atomic mass is 10.0. The number of hydrogen-bond donors (Lipinski definition) is 0. The van der Waals surface area contributed by atoms with Crippen molar-refractivity contribution in [2.75, 3.05) is 7.11 Å². The van der Waals surface area contributed by atoms with Crippen LogP contribution in [-0.2, 0) is 0 Å². The third-order valence-electron chi connectivity index (χ3n) is 4.32. The molecule has 0 unspecified atom stereocenters. The zero-order valence-corrected chi connectivity index (χ0v) is 14.5. The fourth-order valence-electron chi connectivity index (χ4n) is 3.01. The molecule has 3 heteroatoms. The zero-order valence-electron chi connectivity index (χ0n) is 14.5. The minimum Gasteiger partial charge on any atom is -0.497 e. The van der Waals surface area contributed by atoms with Crippen LogP contribution in [0, 0.1) is 13.8 Å². The van der Waals surface area contributed by atoms with E-state index < -0.39 is 0 Å². The predicted octanol–water partition coefficient (Wildman–Crippen LogP) is 4.97. The Kier molecular flexibility index (Phi) is 4.26. The molecule has 3 rings (SSSR count). The van der Waals surface area contributed by atoms with E-state index in [1.54, 1.807) is 14.0 Å². The molecule has 0 fully saturated rings. The van der Waals surface area contributed by atoms with Crippen molar-refractivity contribution < 1.29 is 9.53 Å². The molecule has 0 spiro atoms. The number of ketones is 1. The normalized spacial score (nSPS) is 10.7. The highest BCUT2D eigenvalue weighted by Gasteiger charge is 2.18. The fourth-order valence-corrected chi connectivity index (χ4v) is 3.01. The largest absolute Gasteiger partial charge is 0.497 e. The van der Waals surface area contributed by atoms with Crippen LogP contribution in [0.2, 0.25) is 0 Å². The number of methoxy groups -OCH3 is 1. The third-order valence-corrected chi connectivity index (χ3v) is 4.32. The van der Waals surface area contributed by atoms with E-state index in [4.69, 9.17) is 4.74 Å². The maximum absolute atomic E-state index is 12.2. The maximum Gasteiger partial charge on any atom is 0.162 e. The Balaban J connectivity index is 2.16. The molecule has 0 aliphatic rings. The van der Waals surface area contributed by atoms with E-state index in [9.17, 15) is 4.79 Å². The van der Waals surface area contributed by atoms with E-state index in [0.717, 1.165) is 33.8 Å². The summed E-state index contributed by atoms with van der Waals surface area (Å²) in [5, 5.41) is 0. The second kappa shape index (κ2) is 6.36. The van der Waals surface area contributed by atoms with Gasteiger partial charge in [0.25, 0.3) is 0 Å². The Labute approximate surface area is 142 Å². The average Bonchev–Trinajstić information content (AvgIpc) is 2.93. The van der Waals surface area contributed by atoms with E-state index in [0.29, 0.717) is 0 Å². The minimum absolute atomic E-state index is 0.0733.